The van der Waals surface area contributed by atoms with E-state index in [-0.39, 0.29) is 29.5 Å². The van der Waals surface area contributed by atoms with Crippen molar-refractivity contribution in [2.24, 2.45) is 0 Å². The topological polar surface area (TPSA) is 89.3 Å². The normalized spacial score (nSPS) is 12.6. The molecule has 6 nitrogen and oxygen atoms in total. The van der Waals surface area contributed by atoms with Crippen molar-refractivity contribution in [2.75, 3.05) is 18.6 Å². The van der Waals surface area contributed by atoms with E-state index in [4.69, 9.17) is 16.1 Å². The third-order valence-electron chi connectivity index (χ3n) is 7.83. The number of rotatable bonds is 10. The predicted octanol–water partition coefficient (Wildman–Crippen LogP) is 8.11. The molecule has 0 aliphatic rings. The maximum atomic E-state index is 12.5. The van der Waals surface area contributed by atoms with Crippen LogP contribution in [-0.4, -0.2) is 38.0 Å². The molecule has 1 atom stereocenters. The first kappa shape index (κ1) is 32.2. The number of sulfone groups is 1. The van der Waals surface area contributed by atoms with Crippen LogP contribution in [0.2, 0.25) is 5.02 Å². The largest absolute Gasteiger partial charge is 0.356 e. The van der Waals surface area contributed by atoms with Crippen molar-refractivity contribution in [1.82, 2.24) is 10.5 Å². The minimum Gasteiger partial charge on any atom is -0.356 e. The van der Waals surface area contributed by atoms with Crippen LogP contribution in [0.4, 0.5) is 0 Å². The molecule has 232 valence electrons. The summed E-state index contributed by atoms with van der Waals surface area (Å²) < 4.78 is 28.7. The van der Waals surface area contributed by atoms with Gasteiger partial charge in [-0.1, -0.05) is 110 Å². The molecule has 1 amide bonds. The summed E-state index contributed by atoms with van der Waals surface area (Å²) in [5.41, 5.74) is 7.82. The van der Waals surface area contributed by atoms with Gasteiger partial charge in [0.2, 0.25) is 0 Å². The highest BCUT2D eigenvalue weighted by atomic mass is 35.5. The summed E-state index contributed by atoms with van der Waals surface area (Å²) in [6.45, 7) is 6.66. The molecule has 1 aromatic heterocycles. The molecule has 1 unspecified atom stereocenters. The molecule has 4 aromatic carbocycles. The lowest BCUT2D eigenvalue weighted by Crippen LogP contribution is -2.28. The zero-order valence-corrected chi connectivity index (χ0v) is 27.5. The van der Waals surface area contributed by atoms with Crippen molar-refractivity contribution in [3.05, 3.63) is 136 Å². The molecule has 1 heterocycles. The van der Waals surface area contributed by atoms with Crippen LogP contribution in [0.5, 0.6) is 0 Å². The third kappa shape index (κ3) is 8.50. The fourth-order valence-corrected chi connectivity index (χ4v) is 5.75. The number of nitrogens with zero attached hydrogens (tertiary/aromatic N) is 1. The fourth-order valence-electron chi connectivity index (χ4n) is 5.15. The van der Waals surface area contributed by atoms with Crippen molar-refractivity contribution in [1.29, 1.82) is 0 Å². The molecule has 0 aliphatic carbocycles. The van der Waals surface area contributed by atoms with Gasteiger partial charge in [-0.05, 0) is 63.9 Å². The van der Waals surface area contributed by atoms with Crippen LogP contribution in [-0.2, 0) is 21.7 Å². The summed E-state index contributed by atoms with van der Waals surface area (Å²) in [4.78, 5) is 12.5. The van der Waals surface area contributed by atoms with E-state index in [1.54, 1.807) is 12.1 Å². The quantitative estimate of drug-likeness (QED) is 0.167. The van der Waals surface area contributed by atoms with Crippen LogP contribution >= 0.6 is 11.6 Å². The first-order chi connectivity index (χ1) is 21.4. The number of halogens is 1. The monoisotopic (exact) mass is 640 g/mol. The molecule has 0 saturated heterocycles. The number of hydrogen-bond donors (Lipinski definition) is 1. The Morgan fingerprint density at radius 3 is 2.00 bits per heavy atom. The molecule has 0 bridgehead atoms. The van der Waals surface area contributed by atoms with Crippen molar-refractivity contribution in [3.63, 3.8) is 0 Å². The number of amides is 1. The smallest absolute Gasteiger partial charge is 0.251 e. The Bertz CT molecular complexity index is 1860. The van der Waals surface area contributed by atoms with Crippen LogP contribution < -0.4 is 5.32 Å². The van der Waals surface area contributed by atoms with Gasteiger partial charge in [0, 0.05) is 40.9 Å². The highest BCUT2D eigenvalue weighted by Gasteiger charge is 2.22. The van der Waals surface area contributed by atoms with Gasteiger partial charge in [-0.25, -0.2) is 8.42 Å². The van der Waals surface area contributed by atoms with E-state index in [1.807, 2.05) is 54.6 Å². The van der Waals surface area contributed by atoms with Crippen molar-refractivity contribution in [3.8, 4) is 22.5 Å². The number of carbonyl (C=O) groups excluding carboxylic acids is 1. The fraction of sp³-hybridized carbons (Fsp3) is 0.243. The van der Waals surface area contributed by atoms with Gasteiger partial charge in [-0.3, -0.25) is 4.79 Å². The Labute approximate surface area is 270 Å². The van der Waals surface area contributed by atoms with Gasteiger partial charge in [0.25, 0.3) is 5.91 Å². The van der Waals surface area contributed by atoms with Gasteiger partial charge in [0.1, 0.15) is 9.84 Å². The highest BCUT2D eigenvalue weighted by molar-refractivity contribution is 7.90. The number of benzene rings is 4. The first-order valence-electron chi connectivity index (χ1n) is 14.8. The van der Waals surface area contributed by atoms with Gasteiger partial charge < -0.3 is 9.84 Å². The zero-order valence-electron chi connectivity index (χ0n) is 25.9. The first-order valence-corrected chi connectivity index (χ1v) is 17.3. The molecular weight excluding hydrogens is 604 g/mol. The van der Waals surface area contributed by atoms with Crippen LogP contribution in [0, 0.1) is 0 Å². The second kappa shape index (κ2) is 13.4. The summed E-state index contributed by atoms with van der Waals surface area (Å²) in [6.07, 6.45) is 1.80. The molecule has 1 N–H and O–H groups in total. The van der Waals surface area contributed by atoms with E-state index in [9.17, 15) is 13.2 Å². The van der Waals surface area contributed by atoms with Gasteiger partial charge in [-0.2, -0.15) is 0 Å². The second-order valence-electron chi connectivity index (χ2n) is 12.4. The predicted molar refractivity (Wildman–Crippen MR) is 182 cm³/mol. The molecule has 0 aliphatic heterocycles. The number of hydrogen-bond acceptors (Lipinski definition) is 5. The molecule has 45 heavy (non-hydrogen) atoms. The van der Waals surface area contributed by atoms with Crippen molar-refractivity contribution < 1.29 is 17.7 Å². The van der Waals surface area contributed by atoms with Crippen molar-refractivity contribution in [2.45, 2.75) is 38.5 Å². The Kier molecular flexibility index (Phi) is 9.61. The van der Waals surface area contributed by atoms with Gasteiger partial charge in [0.05, 0.1) is 11.4 Å². The van der Waals surface area contributed by atoms with E-state index in [1.165, 1.54) is 5.56 Å². The molecule has 0 radical (unpaired) electrons. The average molecular weight is 641 g/mol. The maximum absolute atomic E-state index is 12.5. The standard InChI is InChI=1S/C37H37ClN2O4S/c1-37(2,3)31-17-13-28(14-18-31)33(23-25-5-7-30(8-6-25)36(41)39-21-22-45(4,42)43)34-24-35(44-40-34)29-11-9-26(10-12-29)27-15-19-32(38)20-16-27/h5-20,24,33H,21-23H2,1-4H3,(H,39,41). The Morgan fingerprint density at radius 1 is 0.844 bits per heavy atom. The SMILES string of the molecule is CC(C)(C)c1ccc(C(Cc2ccc(C(=O)NCCS(C)(=O)=O)cc2)c2cc(-c3ccc(-c4ccc(Cl)cc4)cc3)on2)cc1. The second-order valence-corrected chi connectivity index (χ2v) is 15.1. The number of nitrogens with one attached hydrogen (secondary N) is 1. The minimum atomic E-state index is -3.15. The lowest BCUT2D eigenvalue weighted by molar-refractivity contribution is 0.0956. The summed E-state index contributed by atoms with van der Waals surface area (Å²) in [5.74, 6) is 0.200. The molecule has 8 heteroatoms. The Balaban J connectivity index is 1.38. The van der Waals surface area contributed by atoms with Crippen LogP contribution in [0.15, 0.2) is 108 Å². The van der Waals surface area contributed by atoms with E-state index in [2.05, 4.69) is 67.6 Å². The molecular formula is C37H37ClN2O4S. The molecule has 0 fully saturated rings. The highest BCUT2D eigenvalue weighted by Crippen LogP contribution is 2.33. The Morgan fingerprint density at radius 2 is 1.42 bits per heavy atom. The van der Waals surface area contributed by atoms with E-state index in [0.29, 0.717) is 22.8 Å². The molecule has 0 spiro atoms. The summed E-state index contributed by atoms with van der Waals surface area (Å²) in [5, 5.41) is 7.90. The molecule has 5 aromatic rings. The lowest BCUT2D eigenvalue weighted by Gasteiger charge is -2.21. The zero-order chi connectivity index (χ0) is 32.2. The van der Waals surface area contributed by atoms with Gasteiger partial charge in [-0.15, -0.1) is 0 Å². The third-order valence-corrected chi connectivity index (χ3v) is 9.02. The average Bonchev–Trinajstić information content (AvgIpc) is 3.50. The maximum Gasteiger partial charge on any atom is 0.251 e. The number of carbonyl (C=O) groups is 1. The van der Waals surface area contributed by atoms with Crippen LogP contribution in [0.3, 0.4) is 0 Å². The van der Waals surface area contributed by atoms with E-state index < -0.39 is 9.84 Å². The summed E-state index contributed by atoms with van der Waals surface area (Å²) in [6, 6.07) is 34.0. The molecule has 5 rings (SSSR count). The number of aromatic nitrogens is 1. The van der Waals surface area contributed by atoms with E-state index in [0.717, 1.165) is 39.8 Å². The Hall–Kier alpha value is -4.20. The van der Waals surface area contributed by atoms with E-state index >= 15 is 0 Å². The van der Waals surface area contributed by atoms with Gasteiger partial charge in [0.15, 0.2) is 5.76 Å². The van der Waals surface area contributed by atoms with Crippen LogP contribution in [0.25, 0.3) is 22.5 Å². The van der Waals surface area contributed by atoms with Crippen molar-refractivity contribution >= 4 is 27.3 Å². The minimum absolute atomic E-state index is 0.0327. The van der Waals surface area contributed by atoms with Gasteiger partial charge >= 0.3 is 0 Å². The lowest BCUT2D eigenvalue weighted by atomic mass is 9.83. The molecule has 0 saturated carbocycles. The summed E-state index contributed by atoms with van der Waals surface area (Å²) in [7, 11) is -3.15. The van der Waals surface area contributed by atoms with Crippen LogP contribution in [0.1, 0.15) is 59.4 Å². The summed E-state index contributed by atoms with van der Waals surface area (Å²) >= 11 is 6.05.